The Morgan fingerprint density at radius 3 is 2.75 bits per heavy atom. The maximum atomic E-state index is 11.7. The van der Waals surface area contributed by atoms with Crippen molar-refractivity contribution in [1.82, 2.24) is 24.5 Å². The zero-order valence-corrected chi connectivity index (χ0v) is 21.7. The molecule has 1 aromatic carbocycles. The fourth-order valence-electron chi connectivity index (χ4n) is 4.16. The first-order chi connectivity index (χ1) is 17.4. The summed E-state index contributed by atoms with van der Waals surface area (Å²) < 4.78 is 7.28. The van der Waals surface area contributed by atoms with Gasteiger partial charge in [0.05, 0.1) is 6.20 Å². The lowest BCUT2D eigenvalue weighted by molar-refractivity contribution is -0.123. The SMILES string of the molecule is CC(C)c1cnn2c(NCc3cccc(CC/C=C/C(=O)N(C)C)c3)nc(NC3CCOCC3)nc12. The topological polar surface area (TPSA) is 96.7 Å². The first kappa shape index (κ1) is 25.6. The number of nitrogens with zero attached hydrogens (tertiary/aromatic N) is 5. The molecule has 1 fully saturated rings. The van der Waals surface area contributed by atoms with Gasteiger partial charge in [0.2, 0.25) is 17.8 Å². The number of ether oxygens (including phenoxy) is 1. The van der Waals surface area contributed by atoms with E-state index in [1.54, 1.807) is 29.6 Å². The van der Waals surface area contributed by atoms with Crippen LogP contribution in [0.2, 0.25) is 0 Å². The Hall–Kier alpha value is -3.46. The van der Waals surface area contributed by atoms with Crippen LogP contribution in [0.15, 0.2) is 42.6 Å². The van der Waals surface area contributed by atoms with Crippen LogP contribution in [-0.4, -0.2) is 63.7 Å². The molecule has 192 valence electrons. The first-order valence-electron chi connectivity index (χ1n) is 12.7. The molecule has 0 aliphatic carbocycles. The summed E-state index contributed by atoms with van der Waals surface area (Å²) in [5.74, 6) is 1.60. The van der Waals surface area contributed by atoms with Gasteiger partial charge in [-0.05, 0) is 48.8 Å². The van der Waals surface area contributed by atoms with Gasteiger partial charge in [-0.1, -0.05) is 44.2 Å². The maximum absolute atomic E-state index is 11.7. The number of hydrogen-bond acceptors (Lipinski definition) is 7. The molecule has 0 bridgehead atoms. The fraction of sp³-hybridized carbons (Fsp3) is 0.481. The van der Waals surface area contributed by atoms with Gasteiger partial charge in [0, 0.05) is 45.5 Å². The van der Waals surface area contributed by atoms with E-state index < -0.39 is 0 Å². The molecule has 9 nitrogen and oxygen atoms in total. The number of anilines is 2. The number of carbonyl (C=O) groups is 1. The van der Waals surface area contributed by atoms with Gasteiger partial charge >= 0.3 is 0 Å². The number of amides is 1. The van der Waals surface area contributed by atoms with Gasteiger partial charge in [0.25, 0.3) is 0 Å². The minimum absolute atomic E-state index is 0.00837. The van der Waals surface area contributed by atoms with Gasteiger partial charge in [0.15, 0.2) is 5.65 Å². The molecule has 0 atom stereocenters. The summed E-state index contributed by atoms with van der Waals surface area (Å²) in [6.45, 7) is 6.42. The molecule has 0 radical (unpaired) electrons. The molecule has 1 amide bonds. The van der Waals surface area contributed by atoms with E-state index >= 15 is 0 Å². The zero-order chi connectivity index (χ0) is 25.5. The van der Waals surface area contributed by atoms with Crippen molar-refractivity contribution in [3.8, 4) is 0 Å². The molecule has 2 N–H and O–H groups in total. The molecule has 9 heteroatoms. The zero-order valence-electron chi connectivity index (χ0n) is 21.7. The van der Waals surface area contributed by atoms with Gasteiger partial charge in [-0.2, -0.15) is 19.6 Å². The maximum Gasteiger partial charge on any atom is 0.245 e. The number of benzene rings is 1. The van der Waals surface area contributed by atoms with Crippen LogP contribution in [0.25, 0.3) is 5.65 Å². The van der Waals surface area contributed by atoms with Crippen LogP contribution in [0.3, 0.4) is 0 Å². The summed E-state index contributed by atoms with van der Waals surface area (Å²) >= 11 is 0. The van der Waals surface area contributed by atoms with Crippen molar-refractivity contribution in [3.05, 3.63) is 59.3 Å². The van der Waals surface area contributed by atoms with Crippen molar-refractivity contribution in [2.24, 2.45) is 0 Å². The predicted octanol–water partition coefficient (Wildman–Crippen LogP) is 4.03. The molecular weight excluding hydrogens is 454 g/mol. The van der Waals surface area contributed by atoms with Crippen molar-refractivity contribution in [2.75, 3.05) is 37.9 Å². The molecule has 1 aliphatic heterocycles. The van der Waals surface area contributed by atoms with Crippen molar-refractivity contribution in [2.45, 2.75) is 58.0 Å². The number of fused-ring (bicyclic) bond motifs is 1. The normalized spacial score (nSPS) is 14.6. The van der Waals surface area contributed by atoms with E-state index in [2.05, 4.69) is 53.8 Å². The van der Waals surface area contributed by atoms with Crippen LogP contribution in [0.5, 0.6) is 0 Å². The number of allylic oxidation sites excluding steroid dienone is 1. The van der Waals surface area contributed by atoms with E-state index in [0.717, 1.165) is 55.7 Å². The monoisotopic (exact) mass is 491 g/mol. The Morgan fingerprint density at radius 1 is 1.22 bits per heavy atom. The third-order valence-electron chi connectivity index (χ3n) is 6.31. The van der Waals surface area contributed by atoms with E-state index in [9.17, 15) is 4.79 Å². The molecule has 36 heavy (non-hydrogen) atoms. The lowest BCUT2D eigenvalue weighted by Crippen LogP contribution is -2.29. The standard InChI is InChI=1S/C27H37N7O2/c1-19(2)23-18-29-34-25(23)31-26(30-22-12-14-36-15-13-22)32-27(34)28-17-21-10-7-9-20(16-21)8-5-6-11-24(35)33(3)4/h6-7,9-11,16,18-19,22H,5,8,12-15,17H2,1-4H3,(H2,28,30,31,32)/b11-6+. The summed E-state index contributed by atoms with van der Waals surface area (Å²) in [6, 6.07) is 8.78. The first-order valence-corrected chi connectivity index (χ1v) is 12.7. The highest BCUT2D eigenvalue weighted by Gasteiger charge is 2.19. The highest BCUT2D eigenvalue weighted by molar-refractivity contribution is 5.87. The Kier molecular flexibility index (Phi) is 8.53. The highest BCUT2D eigenvalue weighted by Crippen LogP contribution is 2.23. The Labute approximate surface area is 213 Å². The number of aryl methyl sites for hydroxylation is 1. The van der Waals surface area contributed by atoms with Gasteiger partial charge in [0.1, 0.15) is 0 Å². The fourth-order valence-corrected chi connectivity index (χ4v) is 4.16. The molecule has 3 heterocycles. The number of likely N-dealkylation sites (N-methyl/N-ethyl adjacent to an activating group) is 1. The number of aromatic nitrogens is 4. The third-order valence-corrected chi connectivity index (χ3v) is 6.31. The van der Waals surface area contributed by atoms with Crippen LogP contribution in [0.1, 0.15) is 55.7 Å². The smallest absolute Gasteiger partial charge is 0.245 e. The molecule has 1 aliphatic rings. The predicted molar refractivity (Wildman–Crippen MR) is 142 cm³/mol. The summed E-state index contributed by atoms with van der Waals surface area (Å²) in [5, 5.41) is 11.6. The molecule has 0 saturated carbocycles. The molecule has 0 unspecified atom stereocenters. The van der Waals surface area contributed by atoms with Crippen molar-refractivity contribution in [1.29, 1.82) is 0 Å². The van der Waals surface area contributed by atoms with E-state index in [0.29, 0.717) is 30.4 Å². The van der Waals surface area contributed by atoms with Crippen LogP contribution in [0.4, 0.5) is 11.9 Å². The van der Waals surface area contributed by atoms with Crippen LogP contribution in [0, 0.1) is 0 Å². The van der Waals surface area contributed by atoms with Crippen LogP contribution >= 0.6 is 0 Å². The van der Waals surface area contributed by atoms with Crippen LogP contribution in [-0.2, 0) is 22.5 Å². The minimum Gasteiger partial charge on any atom is -0.381 e. The summed E-state index contributed by atoms with van der Waals surface area (Å²) in [7, 11) is 3.51. The lowest BCUT2D eigenvalue weighted by Gasteiger charge is -2.23. The second-order valence-electron chi connectivity index (χ2n) is 9.74. The molecule has 4 rings (SSSR count). The molecule has 2 aromatic heterocycles. The number of carbonyl (C=O) groups excluding carboxylic acids is 1. The Morgan fingerprint density at radius 2 is 2.00 bits per heavy atom. The molecule has 0 spiro atoms. The largest absolute Gasteiger partial charge is 0.381 e. The van der Waals surface area contributed by atoms with Gasteiger partial charge in [-0.3, -0.25) is 4.79 Å². The molecular formula is C27H37N7O2. The lowest BCUT2D eigenvalue weighted by atomic mass is 10.1. The van der Waals surface area contributed by atoms with Crippen molar-refractivity contribution < 1.29 is 9.53 Å². The minimum atomic E-state index is 0.00837. The highest BCUT2D eigenvalue weighted by atomic mass is 16.5. The summed E-state index contributed by atoms with van der Waals surface area (Å²) in [6.07, 6.45) is 9.02. The number of nitrogens with one attached hydrogen (secondary N) is 2. The molecule has 3 aromatic rings. The van der Waals surface area contributed by atoms with Gasteiger partial charge < -0.3 is 20.3 Å². The second kappa shape index (κ2) is 12.0. The second-order valence-corrected chi connectivity index (χ2v) is 9.74. The van der Waals surface area contributed by atoms with Gasteiger partial charge in [-0.25, -0.2) is 0 Å². The summed E-state index contributed by atoms with van der Waals surface area (Å²) in [4.78, 5) is 22.9. The number of hydrogen-bond donors (Lipinski definition) is 2. The average Bonchev–Trinajstić information content (AvgIpc) is 3.30. The van der Waals surface area contributed by atoms with Crippen molar-refractivity contribution in [3.63, 3.8) is 0 Å². The van der Waals surface area contributed by atoms with Crippen molar-refractivity contribution >= 4 is 23.5 Å². The summed E-state index contributed by atoms with van der Waals surface area (Å²) in [5.41, 5.74) is 4.30. The Bertz CT molecular complexity index is 1200. The van der Waals surface area contributed by atoms with Gasteiger partial charge in [-0.15, -0.1) is 0 Å². The third kappa shape index (κ3) is 6.60. The van der Waals surface area contributed by atoms with E-state index in [-0.39, 0.29) is 5.91 Å². The van der Waals surface area contributed by atoms with Crippen LogP contribution < -0.4 is 10.6 Å². The Balaban J connectivity index is 1.47. The molecule has 1 saturated heterocycles. The van der Waals surface area contributed by atoms with E-state index in [1.165, 1.54) is 5.56 Å². The number of rotatable bonds is 10. The van der Waals surface area contributed by atoms with E-state index in [1.807, 2.05) is 12.3 Å². The average molecular weight is 492 g/mol. The quantitative estimate of drug-likeness (QED) is 0.413. The van der Waals surface area contributed by atoms with E-state index in [4.69, 9.17) is 14.7 Å².